The van der Waals surface area contributed by atoms with Crippen molar-refractivity contribution in [2.24, 2.45) is 0 Å². The highest BCUT2D eigenvalue weighted by molar-refractivity contribution is 9.10. The van der Waals surface area contributed by atoms with Crippen LogP contribution in [0.5, 0.6) is 0 Å². The van der Waals surface area contributed by atoms with Gasteiger partial charge in [0.05, 0.1) is 4.88 Å². The van der Waals surface area contributed by atoms with Gasteiger partial charge in [-0.2, -0.15) is 0 Å². The molecule has 90 valence electrons. The van der Waals surface area contributed by atoms with Crippen molar-refractivity contribution < 1.29 is 4.79 Å². The van der Waals surface area contributed by atoms with Crippen molar-refractivity contribution in [3.05, 3.63) is 56.7 Å². The van der Waals surface area contributed by atoms with E-state index >= 15 is 0 Å². The van der Waals surface area contributed by atoms with Gasteiger partial charge in [0.25, 0.3) is 0 Å². The minimum atomic E-state index is 0.200. The van der Waals surface area contributed by atoms with E-state index < -0.39 is 0 Å². The number of Topliss-reactive ketones (excluding diaryl/α,β-unsaturated/α-hetero) is 1. The van der Waals surface area contributed by atoms with Crippen LogP contribution in [-0.2, 0) is 6.42 Å². The van der Waals surface area contributed by atoms with Crippen LogP contribution in [0.1, 0.15) is 15.2 Å². The van der Waals surface area contributed by atoms with Crippen LogP contribution in [0.4, 0.5) is 0 Å². The largest absolute Gasteiger partial charge is 0.293 e. The van der Waals surface area contributed by atoms with Gasteiger partial charge in [0.1, 0.15) is 0 Å². The molecule has 0 aliphatic heterocycles. The van der Waals surface area contributed by atoms with E-state index in [4.69, 9.17) is 0 Å². The van der Waals surface area contributed by atoms with Gasteiger partial charge in [0, 0.05) is 20.3 Å². The number of hydrogen-bond acceptors (Lipinski definition) is 3. The van der Waals surface area contributed by atoms with Crippen LogP contribution in [0.25, 0.3) is 9.40 Å². The summed E-state index contributed by atoms with van der Waals surface area (Å²) in [6.07, 6.45) is 0.473. The van der Waals surface area contributed by atoms with Gasteiger partial charge >= 0.3 is 0 Å². The van der Waals surface area contributed by atoms with Gasteiger partial charge in [-0.1, -0.05) is 28.1 Å². The lowest BCUT2D eigenvalue weighted by molar-refractivity contribution is 0.0997. The maximum absolute atomic E-state index is 12.2. The van der Waals surface area contributed by atoms with Crippen molar-refractivity contribution in [3.8, 4) is 0 Å². The van der Waals surface area contributed by atoms with Gasteiger partial charge in [0.15, 0.2) is 5.78 Å². The maximum Gasteiger partial charge on any atom is 0.177 e. The average molecular weight is 337 g/mol. The van der Waals surface area contributed by atoms with E-state index in [0.717, 1.165) is 14.9 Å². The molecule has 1 aromatic carbocycles. The molecule has 2 aromatic heterocycles. The molecule has 3 rings (SSSR count). The second-order valence-corrected chi connectivity index (χ2v) is 6.93. The Morgan fingerprint density at radius 3 is 2.61 bits per heavy atom. The van der Waals surface area contributed by atoms with Crippen LogP contribution in [0.2, 0.25) is 0 Å². The van der Waals surface area contributed by atoms with Crippen molar-refractivity contribution in [3.63, 3.8) is 0 Å². The quantitative estimate of drug-likeness (QED) is 0.604. The number of thiophene rings is 2. The third-order valence-corrected chi connectivity index (χ3v) is 5.36. The molecule has 0 aliphatic rings. The van der Waals surface area contributed by atoms with Crippen molar-refractivity contribution in [1.29, 1.82) is 0 Å². The summed E-state index contributed by atoms with van der Waals surface area (Å²) in [4.78, 5) is 13.0. The summed E-state index contributed by atoms with van der Waals surface area (Å²) in [6, 6.07) is 12.0. The molecule has 0 fully saturated rings. The Morgan fingerprint density at radius 2 is 1.89 bits per heavy atom. The number of carbonyl (C=O) groups is 1. The van der Waals surface area contributed by atoms with Crippen LogP contribution >= 0.6 is 38.6 Å². The highest BCUT2D eigenvalue weighted by atomic mass is 79.9. The number of carbonyl (C=O) groups excluding carboxylic acids is 1. The first-order chi connectivity index (χ1) is 8.72. The lowest BCUT2D eigenvalue weighted by Gasteiger charge is -1.99. The fraction of sp³-hybridized carbons (Fsp3) is 0.0714. The monoisotopic (exact) mass is 336 g/mol. The molecule has 0 N–H and O–H groups in total. The Morgan fingerprint density at radius 1 is 1.11 bits per heavy atom. The Kier molecular flexibility index (Phi) is 3.33. The van der Waals surface area contributed by atoms with E-state index in [-0.39, 0.29) is 5.78 Å². The molecule has 3 aromatic rings. The molecular formula is C14H9BrOS2. The standard InChI is InChI=1S/C14H9BrOS2/c15-10-3-1-9(2-4-10)7-11(16)13-8-14-12(18-13)5-6-17-14/h1-6,8H,7H2. The van der Waals surface area contributed by atoms with Crippen molar-refractivity contribution in [1.82, 2.24) is 0 Å². The summed E-state index contributed by atoms with van der Waals surface area (Å²) in [5.74, 6) is 0.200. The number of ketones is 1. The highest BCUT2D eigenvalue weighted by Crippen LogP contribution is 2.30. The van der Waals surface area contributed by atoms with Gasteiger partial charge in [-0.25, -0.2) is 0 Å². The van der Waals surface area contributed by atoms with Gasteiger partial charge < -0.3 is 0 Å². The first kappa shape index (κ1) is 12.1. The molecule has 0 radical (unpaired) electrons. The molecular weight excluding hydrogens is 328 g/mol. The summed E-state index contributed by atoms with van der Waals surface area (Å²) in [6.45, 7) is 0. The molecule has 0 amide bonds. The molecule has 18 heavy (non-hydrogen) atoms. The molecule has 1 nitrogen and oxygen atoms in total. The second-order valence-electron chi connectivity index (χ2n) is 3.99. The fourth-order valence-corrected chi connectivity index (χ4v) is 4.09. The van der Waals surface area contributed by atoms with E-state index in [0.29, 0.717) is 6.42 Å². The Hall–Kier alpha value is -0.970. The number of fused-ring (bicyclic) bond motifs is 1. The molecule has 0 atom stereocenters. The van der Waals surface area contributed by atoms with Gasteiger partial charge in [-0.3, -0.25) is 4.79 Å². The zero-order valence-electron chi connectivity index (χ0n) is 9.35. The second kappa shape index (κ2) is 4.96. The minimum absolute atomic E-state index is 0.200. The van der Waals surface area contributed by atoms with E-state index in [1.54, 1.807) is 22.7 Å². The molecule has 0 unspecified atom stereocenters. The predicted molar refractivity (Wildman–Crippen MR) is 81.9 cm³/mol. The highest BCUT2D eigenvalue weighted by Gasteiger charge is 2.11. The molecule has 4 heteroatoms. The molecule has 2 heterocycles. The zero-order chi connectivity index (χ0) is 12.5. The summed E-state index contributed by atoms with van der Waals surface area (Å²) in [7, 11) is 0. The van der Waals surface area contributed by atoms with Gasteiger partial charge in [0.2, 0.25) is 0 Å². The molecule has 0 aliphatic carbocycles. The molecule has 0 bridgehead atoms. The average Bonchev–Trinajstić information content (AvgIpc) is 2.92. The SMILES string of the molecule is O=C(Cc1ccc(Br)cc1)c1cc2sccc2s1. The van der Waals surface area contributed by atoms with E-state index in [1.807, 2.05) is 30.3 Å². The number of hydrogen-bond donors (Lipinski definition) is 0. The van der Waals surface area contributed by atoms with E-state index in [9.17, 15) is 4.79 Å². The van der Waals surface area contributed by atoms with E-state index in [2.05, 4.69) is 27.4 Å². The summed E-state index contributed by atoms with van der Waals surface area (Å²) >= 11 is 6.67. The number of benzene rings is 1. The first-order valence-corrected chi connectivity index (χ1v) is 7.96. The Balaban J connectivity index is 1.82. The summed E-state index contributed by atoms with van der Waals surface area (Å²) < 4.78 is 3.45. The smallest absolute Gasteiger partial charge is 0.177 e. The first-order valence-electron chi connectivity index (χ1n) is 5.47. The van der Waals surface area contributed by atoms with Crippen molar-refractivity contribution >= 4 is 53.8 Å². The minimum Gasteiger partial charge on any atom is -0.293 e. The third-order valence-electron chi connectivity index (χ3n) is 2.69. The maximum atomic E-state index is 12.2. The fourth-order valence-electron chi connectivity index (χ4n) is 1.78. The normalized spacial score (nSPS) is 10.9. The van der Waals surface area contributed by atoms with E-state index in [1.165, 1.54) is 9.40 Å². The predicted octanol–water partition coefficient (Wildman–Crippen LogP) is 5.15. The van der Waals surface area contributed by atoms with Gasteiger partial charge in [-0.15, -0.1) is 22.7 Å². The Bertz CT molecular complexity index is 665. The third kappa shape index (κ3) is 2.41. The van der Waals surface area contributed by atoms with Crippen LogP contribution in [0.15, 0.2) is 46.3 Å². The zero-order valence-corrected chi connectivity index (χ0v) is 12.6. The molecule has 0 spiro atoms. The van der Waals surface area contributed by atoms with Crippen LogP contribution in [-0.4, -0.2) is 5.78 Å². The van der Waals surface area contributed by atoms with Gasteiger partial charge in [-0.05, 0) is 35.2 Å². The van der Waals surface area contributed by atoms with Crippen molar-refractivity contribution in [2.75, 3.05) is 0 Å². The van der Waals surface area contributed by atoms with Crippen LogP contribution in [0.3, 0.4) is 0 Å². The van der Waals surface area contributed by atoms with Crippen LogP contribution < -0.4 is 0 Å². The lowest BCUT2D eigenvalue weighted by atomic mass is 10.1. The number of rotatable bonds is 3. The van der Waals surface area contributed by atoms with Crippen LogP contribution in [0, 0.1) is 0 Å². The van der Waals surface area contributed by atoms with Crippen molar-refractivity contribution in [2.45, 2.75) is 6.42 Å². The topological polar surface area (TPSA) is 17.1 Å². The molecule has 0 saturated carbocycles. The molecule has 0 saturated heterocycles. The lowest BCUT2D eigenvalue weighted by Crippen LogP contribution is -2.00. The summed E-state index contributed by atoms with van der Waals surface area (Å²) in [5, 5.41) is 2.06. The summed E-state index contributed by atoms with van der Waals surface area (Å²) in [5.41, 5.74) is 1.06. The Labute approximate surface area is 121 Å². The number of halogens is 1.